The number of anilines is 2. The van der Waals surface area contributed by atoms with Gasteiger partial charge in [-0.1, -0.05) is 6.92 Å². The van der Waals surface area contributed by atoms with Crippen LogP contribution in [0.2, 0.25) is 0 Å². The first-order valence-corrected chi connectivity index (χ1v) is 9.53. The molecule has 2 aromatic heterocycles. The molecule has 3 N–H and O–H groups in total. The van der Waals surface area contributed by atoms with Crippen LogP contribution >= 0.6 is 11.3 Å². The molecule has 1 unspecified atom stereocenters. The van der Waals surface area contributed by atoms with E-state index in [-0.39, 0.29) is 5.91 Å². The number of hydrogen-bond acceptors (Lipinski definition) is 5. The summed E-state index contributed by atoms with van der Waals surface area (Å²) in [7, 11) is 1.61. The molecule has 5 nitrogen and oxygen atoms in total. The third kappa shape index (κ3) is 3.01. The molecule has 0 fully saturated rings. The highest BCUT2D eigenvalue weighted by Crippen LogP contribution is 2.36. The van der Waals surface area contributed by atoms with E-state index >= 15 is 0 Å². The fourth-order valence-corrected chi connectivity index (χ4v) is 4.39. The van der Waals surface area contributed by atoms with Crippen LogP contribution in [0.1, 0.15) is 34.3 Å². The van der Waals surface area contributed by atoms with Crippen molar-refractivity contribution in [2.75, 3.05) is 18.2 Å². The van der Waals surface area contributed by atoms with E-state index in [2.05, 4.69) is 18.3 Å². The molecule has 0 radical (unpaired) electrons. The lowest BCUT2D eigenvalue weighted by atomic mass is 9.87. The number of aromatic nitrogens is 1. The van der Waals surface area contributed by atoms with Crippen LogP contribution in [0.25, 0.3) is 10.2 Å². The van der Waals surface area contributed by atoms with Gasteiger partial charge in [-0.2, -0.15) is 0 Å². The number of amides is 1. The molecular weight excluding hydrogens is 346 g/mol. The number of pyridine rings is 1. The number of carbonyl (C=O) groups excluding carboxylic acids is 1. The fourth-order valence-electron chi connectivity index (χ4n) is 3.40. The number of nitrogens with zero attached hydrogens (tertiary/aromatic N) is 1. The molecule has 134 valence electrons. The Bertz CT molecular complexity index is 979. The quantitative estimate of drug-likeness (QED) is 0.725. The first kappa shape index (κ1) is 16.8. The summed E-state index contributed by atoms with van der Waals surface area (Å²) in [4.78, 5) is 18.8. The molecule has 1 amide bonds. The van der Waals surface area contributed by atoms with Gasteiger partial charge in [0.2, 0.25) is 0 Å². The number of thiophene rings is 1. The van der Waals surface area contributed by atoms with Crippen LogP contribution < -0.4 is 15.8 Å². The van der Waals surface area contributed by atoms with Gasteiger partial charge in [0.15, 0.2) is 0 Å². The largest absolute Gasteiger partial charge is 0.497 e. The maximum absolute atomic E-state index is 12.7. The Labute approximate surface area is 156 Å². The van der Waals surface area contributed by atoms with Crippen LogP contribution in [0.3, 0.4) is 0 Å². The summed E-state index contributed by atoms with van der Waals surface area (Å²) in [6.07, 6.45) is 3.19. The zero-order valence-electron chi connectivity index (χ0n) is 14.8. The number of aryl methyl sites for hydroxylation is 1. The molecule has 1 aliphatic carbocycles. The van der Waals surface area contributed by atoms with Crippen LogP contribution in [0, 0.1) is 5.92 Å². The summed E-state index contributed by atoms with van der Waals surface area (Å²) in [5, 5.41) is 3.79. The monoisotopic (exact) mass is 367 g/mol. The molecule has 0 saturated carbocycles. The number of fused-ring (bicyclic) bond motifs is 2. The van der Waals surface area contributed by atoms with Crippen molar-refractivity contribution in [1.29, 1.82) is 0 Å². The number of hydrogen-bond donors (Lipinski definition) is 2. The van der Waals surface area contributed by atoms with Crippen molar-refractivity contribution < 1.29 is 9.53 Å². The molecule has 0 spiro atoms. The number of methoxy groups -OCH3 is 1. The molecule has 2 heterocycles. The van der Waals surface area contributed by atoms with E-state index in [9.17, 15) is 4.79 Å². The number of nitrogens with one attached hydrogen (secondary N) is 1. The Kier molecular flexibility index (Phi) is 4.28. The van der Waals surface area contributed by atoms with Crippen LogP contribution in [0.4, 0.5) is 11.4 Å². The molecule has 1 aromatic carbocycles. The van der Waals surface area contributed by atoms with Gasteiger partial charge in [0.25, 0.3) is 5.91 Å². The second-order valence-corrected chi connectivity index (χ2v) is 7.82. The third-order valence-corrected chi connectivity index (χ3v) is 6.00. The van der Waals surface area contributed by atoms with Gasteiger partial charge in [-0.15, -0.1) is 11.3 Å². The fraction of sp³-hybridized carbons (Fsp3) is 0.300. The summed E-state index contributed by atoms with van der Waals surface area (Å²) in [6, 6.07) is 9.35. The minimum absolute atomic E-state index is 0.206. The van der Waals surface area contributed by atoms with E-state index in [0.29, 0.717) is 22.2 Å². The Hall–Kier alpha value is -2.60. The number of nitrogen functional groups attached to an aromatic ring is 1. The Morgan fingerprint density at radius 3 is 2.85 bits per heavy atom. The number of rotatable bonds is 3. The number of nitrogens with two attached hydrogens (primary N) is 1. The third-order valence-electron chi connectivity index (χ3n) is 4.89. The highest BCUT2D eigenvalue weighted by Gasteiger charge is 2.22. The lowest BCUT2D eigenvalue weighted by Crippen LogP contribution is -2.12. The smallest absolute Gasteiger partial charge is 0.267 e. The SMILES string of the molecule is COc1ccc(NC(=O)c2sc3nc4c(cc3c2N)CC(C)CC4)cc1. The van der Waals surface area contributed by atoms with Crippen LogP contribution in [0.5, 0.6) is 5.75 Å². The molecule has 1 atom stereocenters. The summed E-state index contributed by atoms with van der Waals surface area (Å²) in [5.74, 6) is 1.20. The summed E-state index contributed by atoms with van der Waals surface area (Å²) in [6.45, 7) is 2.26. The van der Waals surface area contributed by atoms with Crippen molar-refractivity contribution in [2.24, 2.45) is 5.92 Å². The summed E-state index contributed by atoms with van der Waals surface area (Å²) in [5.41, 5.74) is 9.94. The first-order valence-electron chi connectivity index (χ1n) is 8.71. The van der Waals surface area contributed by atoms with Gasteiger partial charge >= 0.3 is 0 Å². The molecule has 0 bridgehead atoms. The van der Waals surface area contributed by atoms with Gasteiger partial charge in [0.1, 0.15) is 15.5 Å². The zero-order valence-corrected chi connectivity index (χ0v) is 15.7. The Morgan fingerprint density at radius 2 is 2.12 bits per heavy atom. The predicted octanol–water partition coefficient (Wildman–Crippen LogP) is 4.26. The second kappa shape index (κ2) is 6.61. The highest BCUT2D eigenvalue weighted by molar-refractivity contribution is 7.21. The molecule has 1 aliphatic rings. The van der Waals surface area contributed by atoms with Crippen LogP contribution in [-0.2, 0) is 12.8 Å². The molecule has 6 heteroatoms. The summed E-state index contributed by atoms with van der Waals surface area (Å²) >= 11 is 1.36. The Balaban J connectivity index is 1.65. The van der Waals surface area contributed by atoms with Gasteiger partial charge in [-0.25, -0.2) is 4.98 Å². The first-order chi connectivity index (χ1) is 12.5. The standard InChI is InChI=1S/C20H21N3O2S/c1-11-3-8-16-12(9-11)10-15-17(21)18(26-20(15)23-16)19(24)22-13-4-6-14(25-2)7-5-13/h4-7,10-11H,3,8-9,21H2,1-2H3,(H,22,24). The molecule has 0 aliphatic heterocycles. The maximum Gasteiger partial charge on any atom is 0.267 e. The van der Waals surface area contributed by atoms with Gasteiger partial charge in [-0.3, -0.25) is 4.79 Å². The Morgan fingerprint density at radius 1 is 1.35 bits per heavy atom. The van der Waals surface area contributed by atoms with Gasteiger partial charge in [0, 0.05) is 16.8 Å². The van der Waals surface area contributed by atoms with Crippen molar-refractivity contribution in [3.05, 3.63) is 46.5 Å². The summed E-state index contributed by atoms with van der Waals surface area (Å²) < 4.78 is 5.14. The minimum Gasteiger partial charge on any atom is -0.497 e. The number of carbonyl (C=O) groups is 1. The lowest BCUT2D eigenvalue weighted by molar-refractivity contribution is 0.103. The van der Waals surface area contributed by atoms with Crippen molar-refractivity contribution in [3.8, 4) is 5.75 Å². The van der Waals surface area contributed by atoms with Crippen molar-refractivity contribution in [1.82, 2.24) is 4.98 Å². The molecule has 0 saturated heterocycles. The molecular formula is C20H21N3O2S. The molecule has 4 rings (SSSR count). The lowest BCUT2D eigenvalue weighted by Gasteiger charge is -2.20. The number of benzene rings is 1. The average molecular weight is 367 g/mol. The molecule has 26 heavy (non-hydrogen) atoms. The van der Waals surface area contributed by atoms with Gasteiger partial charge in [0.05, 0.1) is 12.8 Å². The van der Waals surface area contributed by atoms with Crippen molar-refractivity contribution >= 4 is 38.8 Å². The van der Waals surface area contributed by atoms with Gasteiger partial charge in [-0.05, 0) is 61.1 Å². The molecule has 3 aromatic rings. The van der Waals surface area contributed by atoms with E-state index in [4.69, 9.17) is 15.5 Å². The zero-order chi connectivity index (χ0) is 18.3. The second-order valence-electron chi connectivity index (χ2n) is 6.82. The minimum atomic E-state index is -0.206. The normalized spacial score (nSPS) is 16.3. The topological polar surface area (TPSA) is 77.2 Å². The van der Waals surface area contributed by atoms with Crippen LogP contribution in [-0.4, -0.2) is 18.0 Å². The highest BCUT2D eigenvalue weighted by atomic mass is 32.1. The van der Waals surface area contributed by atoms with Gasteiger partial charge < -0.3 is 15.8 Å². The van der Waals surface area contributed by atoms with Crippen molar-refractivity contribution in [3.63, 3.8) is 0 Å². The van der Waals surface area contributed by atoms with Crippen molar-refractivity contribution in [2.45, 2.75) is 26.2 Å². The number of ether oxygens (including phenoxy) is 1. The van der Waals surface area contributed by atoms with E-state index in [1.807, 2.05) is 0 Å². The van der Waals surface area contributed by atoms with E-state index < -0.39 is 0 Å². The van der Waals surface area contributed by atoms with Crippen LogP contribution in [0.15, 0.2) is 30.3 Å². The van der Waals surface area contributed by atoms with E-state index in [1.165, 1.54) is 16.9 Å². The van der Waals surface area contributed by atoms with E-state index in [1.54, 1.807) is 31.4 Å². The van der Waals surface area contributed by atoms with E-state index in [0.717, 1.165) is 40.9 Å². The average Bonchev–Trinajstić information content (AvgIpc) is 2.96. The predicted molar refractivity (Wildman–Crippen MR) is 106 cm³/mol. The maximum atomic E-state index is 12.7.